The summed E-state index contributed by atoms with van der Waals surface area (Å²) in [6.07, 6.45) is 2.97. The zero-order chi connectivity index (χ0) is 15.2. The minimum Gasteiger partial charge on any atom is -0.316 e. The standard InChI is InChI=1S/C16H22ClN3S/c1-12(2)20-9-8-13(19-20)10-14(18-3)11-21-16-7-5-4-6-15(16)17/h4-9,12,14,18H,10-11H2,1-3H3. The van der Waals surface area contributed by atoms with E-state index in [-0.39, 0.29) is 0 Å². The van der Waals surface area contributed by atoms with Crippen molar-refractivity contribution in [3.8, 4) is 0 Å². The molecule has 0 aliphatic carbocycles. The van der Waals surface area contributed by atoms with E-state index in [1.165, 1.54) is 0 Å². The third kappa shape index (κ3) is 4.77. The Balaban J connectivity index is 1.92. The van der Waals surface area contributed by atoms with E-state index in [0.29, 0.717) is 12.1 Å². The van der Waals surface area contributed by atoms with Crippen molar-refractivity contribution in [2.24, 2.45) is 0 Å². The number of rotatable bonds is 7. The lowest BCUT2D eigenvalue weighted by molar-refractivity contribution is 0.518. The van der Waals surface area contributed by atoms with E-state index in [4.69, 9.17) is 11.6 Å². The molecule has 2 aromatic rings. The highest BCUT2D eigenvalue weighted by atomic mass is 35.5. The van der Waals surface area contributed by atoms with Gasteiger partial charge in [-0.2, -0.15) is 5.10 Å². The van der Waals surface area contributed by atoms with Crippen LogP contribution in [-0.4, -0.2) is 28.6 Å². The molecule has 1 atom stereocenters. The Bertz CT molecular complexity index is 568. The van der Waals surface area contributed by atoms with Gasteiger partial charge in [-0.1, -0.05) is 23.7 Å². The number of nitrogens with one attached hydrogen (secondary N) is 1. The summed E-state index contributed by atoms with van der Waals surface area (Å²) in [5.41, 5.74) is 1.13. The molecule has 0 aliphatic rings. The van der Waals surface area contributed by atoms with Gasteiger partial charge in [0.15, 0.2) is 0 Å². The van der Waals surface area contributed by atoms with Crippen molar-refractivity contribution >= 4 is 23.4 Å². The number of aromatic nitrogens is 2. The van der Waals surface area contributed by atoms with Gasteiger partial charge in [0.1, 0.15) is 0 Å². The van der Waals surface area contributed by atoms with Crippen molar-refractivity contribution in [2.75, 3.05) is 12.8 Å². The lowest BCUT2D eigenvalue weighted by Crippen LogP contribution is -2.30. The zero-order valence-corrected chi connectivity index (χ0v) is 14.3. The average Bonchev–Trinajstić information content (AvgIpc) is 2.93. The van der Waals surface area contributed by atoms with Gasteiger partial charge in [-0.15, -0.1) is 11.8 Å². The van der Waals surface area contributed by atoms with Gasteiger partial charge >= 0.3 is 0 Å². The van der Waals surface area contributed by atoms with Crippen LogP contribution in [0.1, 0.15) is 25.6 Å². The molecule has 5 heteroatoms. The first-order valence-electron chi connectivity index (χ1n) is 7.18. The monoisotopic (exact) mass is 323 g/mol. The predicted molar refractivity (Wildman–Crippen MR) is 91.3 cm³/mol. The van der Waals surface area contributed by atoms with Gasteiger partial charge in [0.2, 0.25) is 0 Å². The molecule has 1 N–H and O–H groups in total. The molecule has 21 heavy (non-hydrogen) atoms. The van der Waals surface area contributed by atoms with Gasteiger partial charge in [-0.3, -0.25) is 4.68 Å². The Morgan fingerprint density at radius 3 is 2.67 bits per heavy atom. The molecule has 1 unspecified atom stereocenters. The number of nitrogens with zero attached hydrogens (tertiary/aromatic N) is 2. The lowest BCUT2D eigenvalue weighted by Gasteiger charge is -2.15. The van der Waals surface area contributed by atoms with E-state index in [9.17, 15) is 0 Å². The fourth-order valence-electron chi connectivity index (χ4n) is 2.02. The number of halogens is 1. The molecular formula is C16H22ClN3S. The number of thioether (sulfide) groups is 1. The van der Waals surface area contributed by atoms with Crippen molar-refractivity contribution in [1.82, 2.24) is 15.1 Å². The summed E-state index contributed by atoms with van der Waals surface area (Å²) in [4.78, 5) is 1.13. The van der Waals surface area contributed by atoms with Crippen LogP contribution in [0.15, 0.2) is 41.4 Å². The summed E-state index contributed by atoms with van der Waals surface area (Å²) in [5, 5.41) is 8.80. The molecule has 0 amide bonds. The Labute approximate surface area is 136 Å². The summed E-state index contributed by atoms with van der Waals surface area (Å²) in [6, 6.07) is 10.9. The molecule has 0 saturated carbocycles. The molecule has 0 aliphatic heterocycles. The Morgan fingerprint density at radius 2 is 2.05 bits per heavy atom. The molecule has 0 bridgehead atoms. The van der Waals surface area contributed by atoms with Gasteiger partial charge in [0.05, 0.1) is 10.7 Å². The first kappa shape index (κ1) is 16.4. The van der Waals surface area contributed by atoms with Gasteiger partial charge in [-0.05, 0) is 39.1 Å². The van der Waals surface area contributed by atoms with E-state index in [1.54, 1.807) is 11.8 Å². The Hall–Kier alpha value is -0.970. The summed E-state index contributed by atoms with van der Waals surface area (Å²) in [5.74, 6) is 0.967. The number of likely N-dealkylation sites (N-methyl/N-ethyl adjacent to an activating group) is 1. The summed E-state index contributed by atoms with van der Waals surface area (Å²) >= 11 is 7.98. The summed E-state index contributed by atoms with van der Waals surface area (Å²) in [6.45, 7) is 4.28. The maximum absolute atomic E-state index is 6.19. The van der Waals surface area contributed by atoms with Crippen molar-refractivity contribution in [3.63, 3.8) is 0 Å². The van der Waals surface area contributed by atoms with Gasteiger partial charge in [0.25, 0.3) is 0 Å². The molecular weight excluding hydrogens is 302 g/mol. The first-order valence-corrected chi connectivity index (χ1v) is 8.55. The topological polar surface area (TPSA) is 29.9 Å². The molecule has 1 heterocycles. The summed E-state index contributed by atoms with van der Waals surface area (Å²) < 4.78 is 2.00. The molecule has 3 nitrogen and oxygen atoms in total. The molecule has 2 rings (SSSR count). The van der Waals surface area contributed by atoms with Gasteiger partial charge in [-0.25, -0.2) is 0 Å². The predicted octanol–water partition coefficient (Wildman–Crippen LogP) is 4.04. The Kier molecular flexibility index (Phi) is 6.15. The molecule has 0 saturated heterocycles. The van der Waals surface area contributed by atoms with Gasteiger partial charge in [0, 0.05) is 35.3 Å². The quantitative estimate of drug-likeness (QED) is 0.780. The molecule has 114 valence electrons. The smallest absolute Gasteiger partial charge is 0.0640 e. The number of benzene rings is 1. The lowest BCUT2D eigenvalue weighted by atomic mass is 10.2. The normalized spacial score (nSPS) is 12.8. The van der Waals surface area contributed by atoms with E-state index >= 15 is 0 Å². The highest BCUT2D eigenvalue weighted by molar-refractivity contribution is 7.99. The largest absolute Gasteiger partial charge is 0.316 e. The highest BCUT2D eigenvalue weighted by Gasteiger charge is 2.12. The van der Waals surface area contributed by atoms with Crippen LogP contribution in [-0.2, 0) is 6.42 Å². The van der Waals surface area contributed by atoms with Crippen molar-refractivity contribution in [3.05, 3.63) is 47.2 Å². The number of hydrogen-bond acceptors (Lipinski definition) is 3. The second-order valence-corrected chi connectivity index (χ2v) is 6.78. The van der Waals surface area contributed by atoms with E-state index < -0.39 is 0 Å². The van der Waals surface area contributed by atoms with E-state index in [1.807, 2.05) is 36.1 Å². The fourth-order valence-corrected chi connectivity index (χ4v) is 3.37. The van der Waals surface area contributed by atoms with Crippen LogP contribution in [0.2, 0.25) is 5.02 Å². The van der Waals surface area contributed by atoms with Crippen LogP contribution in [0, 0.1) is 0 Å². The van der Waals surface area contributed by atoms with Crippen molar-refractivity contribution in [2.45, 2.75) is 37.2 Å². The molecule has 0 fully saturated rings. The van der Waals surface area contributed by atoms with Gasteiger partial charge < -0.3 is 5.32 Å². The third-order valence-electron chi connectivity index (χ3n) is 3.33. The van der Waals surface area contributed by atoms with Crippen LogP contribution >= 0.6 is 23.4 Å². The molecule has 0 radical (unpaired) electrons. The SMILES string of the molecule is CNC(CSc1ccccc1Cl)Cc1ccn(C(C)C)n1. The van der Waals surface area contributed by atoms with Crippen LogP contribution in [0.5, 0.6) is 0 Å². The second-order valence-electron chi connectivity index (χ2n) is 5.31. The van der Waals surface area contributed by atoms with Crippen LogP contribution in [0.3, 0.4) is 0 Å². The molecule has 0 spiro atoms. The molecule has 1 aromatic heterocycles. The highest BCUT2D eigenvalue weighted by Crippen LogP contribution is 2.27. The maximum atomic E-state index is 6.19. The van der Waals surface area contributed by atoms with Crippen molar-refractivity contribution < 1.29 is 0 Å². The minimum absolute atomic E-state index is 0.377. The third-order valence-corrected chi connectivity index (χ3v) is 5.01. The van der Waals surface area contributed by atoms with Crippen molar-refractivity contribution in [1.29, 1.82) is 0 Å². The van der Waals surface area contributed by atoms with Crippen LogP contribution in [0.25, 0.3) is 0 Å². The van der Waals surface area contributed by atoms with Crippen LogP contribution in [0.4, 0.5) is 0 Å². The first-order chi connectivity index (χ1) is 10.1. The number of hydrogen-bond donors (Lipinski definition) is 1. The zero-order valence-electron chi connectivity index (χ0n) is 12.7. The minimum atomic E-state index is 0.377. The molecule has 1 aromatic carbocycles. The fraction of sp³-hybridized carbons (Fsp3) is 0.438. The van der Waals surface area contributed by atoms with Crippen LogP contribution < -0.4 is 5.32 Å². The Morgan fingerprint density at radius 1 is 1.29 bits per heavy atom. The average molecular weight is 324 g/mol. The van der Waals surface area contributed by atoms with E-state index in [0.717, 1.165) is 27.8 Å². The van der Waals surface area contributed by atoms with E-state index in [2.05, 4.69) is 36.4 Å². The maximum Gasteiger partial charge on any atom is 0.0640 e. The second kappa shape index (κ2) is 7.87. The summed E-state index contributed by atoms with van der Waals surface area (Å²) in [7, 11) is 2.00.